The molecule has 0 aliphatic rings. The third kappa shape index (κ3) is 3.37. The van der Waals surface area contributed by atoms with E-state index in [-0.39, 0.29) is 17.2 Å². The standard InChI is InChI=1S/C11H13F2NO3/c1-7(15)8-4-5-9(14(3)10(8)16)17-6-11(2,12)13/h4-5H,6H2,1-3H3. The molecule has 4 nitrogen and oxygen atoms in total. The van der Waals surface area contributed by atoms with E-state index in [1.165, 1.54) is 26.1 Å². The van der Waals surface area contributed by atoms with E-state index in [4.69, 9.17) is 4.74 Å². The summed E-state index contributed by atoms with van der Waals surface area (Å²) in [4.78, 5) is 22.7. The summed E-state index contributed by atoms with van der Waals surface area (Å²) in [7, 11) is 1.36. The zero-order chi connectivity index (χ0) is 13.2. The van der Waals surface area contributed by atoms with Crippen LogP contribution >= 0.6 is 0 Å². The highest BCUT2D eigenvalue weighted by Gasteiger charge is 2.23. The first-order valence-electron chi connectivity index (χ1n) is 4.94. The van der Waals surface area contributed by atoms with Gasteiger partial charge >= 0.3 is 0 Å². The number of pyridine rings is 1. The molecule has 0 N–H and O–H groups in total. The molecule has 1 aromatic rings. The summed E-state index contributed by atoms with van der Waals surface area (Å²) in [5, 5.41) is 0. The fraction of sp³-hybridized carbons (Fsp3) is 0.455. The number of rotatable bonds is 4. The molecule has 6 heteroatoms. The topological polar surface area (TPSA) is 48.3 Å². The van der Waals surface area contributed by atoms with Crippen molar-refractivity contribution in [2.45, 2.75) is 19.8 Å². The fourth-order valence-electron chi connectivity index (χ4n) is 1.23. The number of halogens is 2. The summed E-state index contributed by atoms with van der Waals surface area (Å²) in [5.41, 5.74) is -0.558. The maximum atomic E-state index is 12.6. The molecule has 0 radical (unpaired) electrons. The number of hydrogen-bond donors (Lipinski definition) is 0. The summed E-state index contributed by atoms with van der Waals surface area (Å²) in [6.45, 7) is 1.16. The van der Waals surface area contributed by atoms with Crippen LogP contribution in [-0.2, 0) is 7.05 Å². The monoisotopic (exact) mass is 245 g/mol. The Kier molecular flexibility index (Phi) is 3.65. The number of carbonyl (C=O) groups excluding carboxylic acids is 1. The van der Waals surface area contributed by atoms with Gasteiger partial charge in [0.25, 0.3) is 11.5 Å². The van der Waals surface area contributed by atoms with Gasteiger partial charge in [-0.15, -0.1) is 0 Å². The Balaban J connectivity index is 3.02. The van der Waals surface area contributed by atoms with Crippen LogP contribution in [0.2, 0.25) is 0 Å². The predicted molar refractivity (Wildman–Crippen MR) is 57.8 cm³/mol. The van der Waals surface area contributed by atoms with Gasteiger partial charge in [0.05, 0.1) is 5.56 Å². The van der Waals surface area contributed by atoms with E-state index < -0.39 is 18.1 Å². The quantitative estimate of drug-likeness (QED) is 0.757. The molecule has 0 unspecified atom stereocenters. The molecule has 0 aromatic carbocycles. The van der Waals surface area contributed by atoms with Crippen LogP contribution in [-0.4, -0.2) is 22.9 Å². The Morgan fingerprint density at radius 2 is 2.06 bits per heavy atom. The van der Waals surface area contributed by atoms with Crippen molar-refractivity contribution in [3.63, 3.8) is 0 Å². The number of hydrogen-bond acceptors (Lipinski definition) is 3. The van der Waals surface area contributed by atoms with E-state index in [0.29, 0.717) is 0 Å². The molecule has 0 aliphatic heterocycles. The number of aromatic nitrogens is 1. The number of alkyl halides is 2. The van der Waals surface area contributed by atoms with Gasteiger partial charge in [0, 0.05) is 14.0 Å². The molecule has 0 amide bonds. The zero-order valence-corrected chi connectivity index (χ0v) is 9.79. The molecule has 0 saturated heterocycles. The van der Waals surface area contributed by atoms with E-state index in [1.807, 2.05) is 0 Å². The van der Waals surface area contributed by atoms with Gasteiger partial charge in [-0.1, -0.05) is 0 Å². The Labute approximate surface area is 96.8 Å². The van der Waals surface area contributed by atoms with Gasteiger partial charge in [0.2, 0.25) is 0 Å². The lowest BCUT2D eigenvalue weighted by molar-refractivity contribution is -0.0253. The number of carbonyl (C=O) groups is 1. The van der Waals surface area contributed by atoms with Crippen molar-refractivity contribution in [3.05, 3.63) is 28.0 Å². The van der Waals surface area contributed by atoms with Crippen molar-refractivity contribution in [2.24, 2.45) is 7.05 Å². The van der Waals surface area contributed by atoms with Crippen LogP contribution in [0.25, 0.3) is 0 Å². The molecule has 1 aromatic heterocycles. The van der Waals surface area contributed by atoms with Gasteiger partial charge in [-0.3, -0.25) is 14.2 Å². The predicted octanol–water partition coefficient (Wildman–Crippen LogP) is 1.62. The largest absolute Gasteiger partial charge is 0.472 e. The van der Waals surface area contributed by atoms with Gasteiger partial charge in [-0.2, -0.15) is 0 Å². The van der Waals surface area contributed by atoms with Crippen molar-refractivity contribution in [2.75, 3.05) is 6.61 Å². The lowest BCUT2D eigenvalue weighted by Gasteiger charge is -2.14. The summed E-state index contributed by atoms with van der Waals surface area (Å²) in [5.74, 6) is -3.35. The first-order chi connectivity index (χ1) is 7.72. The summed E-state index contributed by atoms with van der Waals surface area (Å²) >= 11 is 0. The Bertz CT molecular complexity index is 488. The Morgan fingerprint density at radius 3 is 2.53 bits per heavy atom. The zero-order valence-electron chi connectivity index (χ0n) is 9.79. The summed E-state index contributed by atoms with van der Waals surface area (Å²) in [6, 6.07) is 2.59. The van der Waals surface area contributed by atoms with E-state index in [1.54, 1.807) is 0 Å². The minimum Gasteiger partial charge on any atom is -0.472 e. The van der Waals surface area contributed by atoms with Gasteiger partial charge in [0.15, 0.2) is 18.3 Å². The summed E-state index contributed by atoms with van der Waals surface area (Å²) < 4.78 is 31.0. The minimum absolute atomic E-state index is 0.00141. The Hall–Kier alpha value is -1.72. The van der Waals surface area contributed by atoms with Crippen molar-refractivity contribution < 1.29 is 18.3 Å². The molecule has 0 aliphatic carbocycles. The molecule has 0 bridgehead atoms. The highest BCUT2D eigenvalue weighted by Crippen LogP contribution is 2.15. The highest BCUT2D eigenvalue weighted by molar-refractivity contribution is 5.93. The number of ether oxygens (including phenoxy) is 1. The average Bonchev–Trinajstić information content (AvgIpc) is 2.18. The van der Waals surface area contributed by atoms with Crippen molar-refractivity contribution in [1.29, 1.82) is 0 Å². The number of nitrogens with zero attached hydrogens (tertiary/aromatic N) is 1. The number of Topliss-reactive ketones (excluding diaryl/α,β-unsaturated/α-hetero) is 1. The lowest BCUT2D eigenvalue weighted by atomic mass is 10.2. The molecule has 0 atom stereocenters. The molecule has 0 spiro atoms. The van der Waals surface area contributed by atoms with Gasteiger partial charge in [0.1, 0.15) is 0 Å². The van der Waals surface area contributed by atoms with Gasteiger partial charge in [-0.05, 0) is 19.1 Å². The van der Waals surface area contributed by atoms with E-state index in [0.717, 1.165) is 11.5 Å². The van der Waals surface area contributed by atoms with Crippen molar-refractivity contribution in [1.82, 2.24) is 4.57 Å². The molecule has 17 heavy (non-hydrogen) atoms. The molecule has 1 rings (SSSR count). The lowest BCUT2D eigenvalue weighted by Crippen LogP contribution is -2.27. The molecule has 94 valence electrons. The van der Waals surface area contributed by atoms with Crippen LogP contribution in [0.15, 0.2) is 16.9 Å². The molecular weight excluding hydrogens is 232 g/mol. The maximum absolute atomic E-state index is 12.6. The van der Waals surface area contributed by atoms with E-state index >= 15 is 0 Å². The van der Waals surface area contributed by atoms with E-state index in [2.05, 4.69) is 0 Å². The van der Waals surface area contributed by atoms with Gasteiger partial charge in [-0.25, -0.2) is 8.78 Å². The SMILES string of the molecule is CC(=O)c1ccc(OCC(C)(F)F)n(C)c1=O. The second-order valence-corrected chi connectivity index (χ2v) is 3.86. The smallest absolute Gasteiger partial charge is 0.278 e. The maximum Gasteiger partial charge on any atom is 0.278 e. The van der Waals surface area contributed by atoms with E-state index in [9.17, 15) is 18.4 Å². The first-order valence-corrected chi connectivity index (χ1v) is 4.94. The van der Waals surface area contributed by atoms with Crippen LogP contribution in [0, 0.1) is 0 Å². The second kappa shape index (κ2) is 4.65. The second-order valence-electron chi connectivity index (χ2n) is 3.86. The Morgan fingerprint density at radius 1 is 1.47 bits per heavy atom. The molecule has 0 saturated carbocycles. The van der Waals surface area contributed by atoms with Crippen LogP contribution < -0.4 is 10.3 Å². The van der Waals surface area contributed by atoms with Crippen LogP contribution in [0.1, 0.15) is 24.2 Å². The third-order valence-electron chi connectivity index (χ3n) is 2.11. The molecule has 1 heterocycles. The third-order valence-corrected chi connectivity index (χ3v) is 2.11. The normalized spacial score (nSPS) is 11.4. The highest BCUT2D eigenvalue weighted by atomic mass is 19.3. The average molecular weight is 245 g/mol. The van der Waals surface area contributed by atoms with Gasteiger partial charge < -0.3 is 4.74 Å². The number of ketones is 1. The minimum atomic E-state index is -2.98. The first kappa shape index (κ1) is 13.3. The van der Waals surface area contributed by atoms with Crippen LogP contribution in [0.5, 0.6) is 5.88 Å². The molecular formula is C11H13F2NO3. The van der Waals surface area contributed by atoms with Crippen LogP contribution in [0.3, 0.4) is 0 Å². The van der Waals surface area contributed by atoms with Crippen LogP contribution in [0.4, 0.5) is 8.78 Å². The summed E-state index contributed by atoms with van der Waals surface area (Å²) in [6.07, 6.45) is 0. The van der Waals surface area contributed by atoms with Crippen molar-refractivity contribution >= 4 is 5.78 Å². The van der Waals surface area contributed by atoms with Crippen molar-refractivity contribution in [3.8, 4) is 5.88 Å². The fourth-order valence-corrected chi connectivity index (χ4v) is 1.23. The molecule has 0 fully saturated rings.